The average molecular weight is 517 g/mol. The molecule has 11 heteroatoms. The number of rotatable bonds is 11. The van der Waals surface area contributed by atoms with Gasteiger partial charge in [-0.25, -0.2) is 18.0 Å². The number of nitrogens with one attached hydrogen (secondary N) is 3. The first-order valence-corrected chi connectivity index (χ1v) is 13.3. The maximum Gasteiger partial charge on any atom is 0.326 e. The maximum atomic E-state index is 13.1. The van der Waals surface area contributed by atoms with Gasteiger partial charge in [-0.3, -0.25) is 4.79 Å². The number of aliphatic carboxylic acids is 1. The van der Waals surface area contributed by atoms with Gasteiger partial charge in [0, 0.05) is 18.8 Å². The minimum Gasteiger partial charge on any atom is -0.480 e. The van der Waals surface area contributed by atoms with Gasteiger partial charge in [0.1, 0.15) is 12.1 Å². The Bertz CT molecular complexity index is 1150. The first-order valence-electron chi connectivity index (χ1n) is 11.9. The van der Waals surface area contributed by atoms with Gasteiger partial charge in [-0.1, -0.05) is 35.9 Å². The van der Waals surface area contributed by atoms with Crippen LogP contribution in [0.4, 0.5) is 10.5 Å². The van der Waals surface area contributed by atoms with Crippen molar-refractivity contribution in [1.29, 1.82) is 0 Å². The number of carbonyl (C=O) groups is 3. The third kappa shape index (κ3) is 7.28. The molecular weight excluding hydrogens is 484 g/mol. The standard InChI is InChI=1S/C25H32N4O6S/c1-18-12-14-20(15-13-18)36(34,35)29-17-7-11-22(29)23(30)28-21(24(31)32)10-5-6-16-26-25(33)27-19-8-3-2-4-9-19/h2-4,8-9,12-15,21-22H,5-7,10-11,16-17H2,1H3,(H,28,30)(H,31,32)(H2,26,27,33)/t21-,22-/m0/s1. The van der Waals surface area contributed by atoms with Gasteiger partial charge in [0.05, 0.1) is 4.90 Å². The molecule has 1 heterocycles. The number of carboxylic acid groups (broad SMARTS) is 1. The Morgan fingerprint density at radius 1 is 1.06 bits per heavy atom. The predicted octanol–water partition coefficient (Wildman–Crippen LogP) is 2.71. The third-order valence-electron chi connectivity index (χ3n) is 5.99. The van der Waals surface area contributed by atoms with Crippen LogP contribution in [0, 0.1) is 6.92 Å². The van der Waals surface area contributed by atoms with Crippen LogP contribution in [0.15, 0.2) is 59.5 Å². The number of amides is 3. The fourth-order valence-electron chi connectivity index (χ4n) is 4.03. The minimum atomic E-state index is -3.88. The summed E-state index contributed by atoms with van der Waals surface area (Å²) in [6.07, 6.45) is 1.94. The molecule has 0 saturated carbocycles. The number of benzene rings is 2. The van der Waals surface area contributed by atoms with Crippen LogP contribution in [0.3, 0.4) is 0 Å². The molecule has 0 bridgehead atoms. The Kier molecular flexibility index (Phi) is 9.43. The summed E-state index contributed by atoms with van der Waals surface area (Å²) < 4.78 is 27.3. The second kappa shape index (κ2) is 12.5. The van der Waals surface area contributed by atoms with Crippen molar-refractivity contribution < 1.29 is 27.9 Å². The number of aryl methyl sites for hydroxylation is 1. The molecule has 0 spiro atoms. The minimum absolute atomic E-state index is 0.103. The Labute approximate surface area is 211 Å². The number of anilines is 1. The summed E-state index contributed by atoms with van der Waals surface area (Å²) in [5, 5.41) is 17.5. The van der Waals surface area contributed by atoms with Crippen LogP contribution in [-0.4, -0.2) is 60.9 Å². The average Bonchev–Trinajstić information content (AvgIpc) is 3.35. The lowest BCUT2D eigenvalue weighted by Crippen LogP contribution is -2.50. The number of hydrogen-bond donors (Lipinski definition) is 4. The second-order valence-electron chi connectivity index (χ2n) is 8.73. The van der Waals surface area contributed by atoms with Crippen molar-refractivity contribution in [1.82, 2.24) is 14.9 Å². The summed E-state index contributed by atoms with van der Waals surface area (Å²) in [6, 6.07) is 12.9. The normalized spacial score (nSPS) is 16.8. The molecule has 1 aliphatic rings. The van der Waals surface area contributed by atoms with Crippen molar-refractivity contribution in [3.63, 3.8) is 0 Å². The molecular formula is C25H32N4O6S. The molecule has 2 aromatic rings. The summed E-state index contributed by atoms with van der Waals surface area (Å²) in [5.74, 6) is -1.81. The lowest BCUT2D eigenvalue weighted by molar-refractivity contribution is -0.142. The smallest absolute Gasteiger partial charge is 0.326 e. The van der Waals surface area contributed by atoms with Crippen LogP contribution >= 0.6 is 0 Å². The van der Waals surface area contributed by atoms with E-state index in [1.165, 1.54) is 12.1 Å². The third-order valence-corrected chi connectivity index (χ3v) is 7.91. The zero-order valence-corrected chi connectivity index (χ0v) is 21.0. The predicted molar refractivity (Wildman–Crippen MR) is 135 cm³/mol. The number of urea groups is 1. The molecule has 4 N–H and O–H groups in total. The maximum absolute atomic E-state index is 13.1. The molecule has 3 rings (SSSR count). The summed E-state index contributed by atoms with van der Waals surface area (Å²) in [5.41, 5.74) is 1.58. The first kappa shape index (κ1) is 27.2. The van der Waals surface area contributed by atoms with E-state index >= 15 is 0 Å². The zero-order valence-electron chi connectivity index (χ0n) is 20.1. The molecule has 0 aliphatic carbocycles. The summed E-state index contributed by atoms with van der Waals surface area (Å²) in [7, 11) is -3.88. The number of nitrogens with zero attached hydrogens (tertiary/aromatic N) is 1. The molecule has 10 nitrogen and oxygen atoms in total. The van der Waals surface area contributed by atoms with Crippen LogP contribution in [0.5, 0.6) is 0 Å². The summed E-state index contributed by atoms with van der Waals surface area (Å²) in [6.45, 7) is 2.39. The number of unbranched alkanes of at least 4 members (excludes halogenated alkanes) is 1. The number of para-hydroxylation sites is 1. The van der Waals surface area contributed by atoms with E-state index in [4.69, 9.17) is 0 Å². The topological polar surface area (TPSA) is 145 Å². The van der Waals surface area contributed by atoms with Crippen molar-refractivity contribution in [2.45, 2.75) is 56.0 Å². The lowest BCUT2D eigenvalue weighted by atomic mass is 10.1. The van der Waals surface area contributed by atoms with Gasteiger partial charge in [0.25, 0.3) is 0 Å². The molecule has 3 amide bonds. The summed E-state index contributed by atoms with van der Waals surface area (Å²) >= 11 is 0. The van der Waals surface area contributed by atoms with Crippen LogP contribution in [-0.2, 0) is 19.6 Å². The van der Waals surface area contributed by atoms with Gasteiger partial charge in [-0.15, -0.1) is 0 Å². The van der Waals surface area contributed by atoms with Gasteiger partial charge >= 0.3 is 12.0 Å². The Morgan fingerprint density at radius 3 is 2.42 bits per heavy atom. The SMILES string of the molecule is Cc1ccc(S(=O)(=O)N2CCC[C@H]2C(=O)N[C@@H](CCCCNC(=O)Nc2ccccc2)C(=O)O)cc1. The molecule has 1 aliphatic heterocycles. The first-order chi connectivity index (χ1) is 17.2. The Morgan fingerprint density at radius 2 is 1.75 bits per heavy atom. The van der Waals surface area contributed by atoms with E-state index in [1.54, 1.807) is 36.4 Å². The van der Waals surface area contributed by atoms with Gasteiger partial charge in [0.15, 0.2) is 0 Å². The fraction of sp³-hybridized carbons (Fsp3) is 0.400. The van der Waals surface area contributed by atoms with Gasteiger partial charge in [-0.2, -0.15) is 4.31 Å². The van der Waals surface area contributed by atoms with E-state index in [2.05, 4.69) is 16.0 Å². The number of carbonyl (C=O) groups excluding carboxylic acids is 2. The van der Waals surface area contributed by atoms with Crippen molar-refractivity contribution >= 4 is 33.6 Å². The summed E-state index contributed by atoms with van der Waals surface area (Å²) in [4.78, 5) is 36.7. The van der Waals surface area contributed by atoms with Crippen LogP contribution in [0.25, 0.3) is 0 Å². The Hall–Kier alpha value is -3.44. The van der Waals surface area contributed by atoms with Gasteiger partial charge in [-0.05, 0) is 63.3 Å². The monoisotopic (exact) mass is 516 g/mol. The van der Waals surface area contributed by atoms with Crippen LogP contribution in [0.2, 0.25) is 0 Å². The number of hydrogen-bond acceptors (Lipinski definition) is 5. The number of sulfonamides is 1. The van der Waals surface area contributed by atoms with Crippen LogP contribution in [0.1, 0.15) is 37.7 Å². The largest absolute Gasteiger partial charge is 0.480 e. The van der Waals surface area contributed by atoms with E-state index in [1.807, 2.05) is 13.0 Å². The second-order valence-corrected chi connectivity index (χ2v) is 10.6. The molecule has 1 saturated heterocycles. The van der Waals surface area contributed by atoms with E-state index in [9.17, 15) is 27.9 Å². The highest BCUT2D eigenvalue weighted by molar-refractivity contribution is 7.89. The van der Waals surface area contributed by atoms with E-state index in [0.717, 1.165) is 9.87 Å². The quantitative estimate of drug-likeness (QED) is 0.338. The molecule has 1 fully saturated rings. The molecule has 2 atom stereocenters. The molecule has 36 heavy (non-hydrogen) atoms. The highest BCUT2D eigenvalue weighted by atomic mass is 32.2. The van der Waals surface area contributed by atoms with Crippen molar-refractivity contribution in [3.8, 4) is 0 Å². The molecule has 0 unspecified atom stereocenters. The molecule has 2 aromatic carbocycles. The molecule has 0 radical (unpaired) electrons. The van der Waals surface area contributed by atoms with Crippen LogP contribution < -0.4 is 16.0 Å². The fourth-order valence-corrected chi connectivity index (χ4v) is 5.69. The lowest BCUT2D eigenvalue weighted by Gasteiger charge is -2.25. The van der Waals surface area contributed by atoms with E-state index in [0.29, 0.717) is 37.9 Å². The highest BCUT2D eigenvalue weighted by Crippen LogP contribution is 2.26. The Balaban J connectivity index is 1.49. The van der Waals surface area contributed by atoms with Crippen molar-refractivity contribution in [2.75, 3.05) is 18.4 Å². The van der Waals surface area contributed by atoms with E-state index in [-0.39, 0.29) is 23.9 Å². The molecule has 194 valence electrons. The number of carboxylic acids is 1. The van der Waals surface area contributed by atoms with Gasteiger partial charge in [0.2, 0.25) is 15.9 Å². The van der Waals surface area contributed by atoms with Crippen molar-refractivity contribution in [2.24, 2.45) is 0 Å². The highest BCUT2D eigenvalue weighted by Gasteiger charge is 2.40. The zero-order chi connectivity index (χ0) is 26.1. The van der Waals surface area contributed by atoms with Crippen molar-refractivity contribution in [3.05, 3.63) is 60.2 Å². The van der Waals surface area contributed by atoms with E-state index < -0.39 is 34.0 Å². The van der Waals surface area contributed by atoms with Gasteiger partial charge < -0.3 is 21.1 Å². The molecule has 0 aromatic heterocycles.